The van der Waals surface area contributed by atoms with Crippen LogP contribution in [0.3, 0.4) is 0 Å². The van der Waals surface area contributed by atoms with Crippen molar-refractivity contribution in [3.8, 4) is 17.2 Å². The molecule has 0 saturated heterocycles. The Kier molecular flexibility index (Phi) is 6.42. The van der Waals surface area contributed by atoms with Gasteiger partial charge < -0.3 is 19.0 Å². The van der Waals surface area contributed by atoms with Gasteiger partial charge in [0.1, 0.15) is 17.2 Å². The van der Waals surface area contributed by atoms with Gasteiger partial charge in [-0.3, -0.25) is 0 Å². The third-order valence-electron chi connectivity index (χ3n) is 2.77. The SMILES string of the molecule is O.c1ccc(OP(Oc2ccccc2)Oc2ccccc2)cc1. The van der Waals surface area contributed by atoms with Crippen LogP contribution in [-0.2, 0) is 0 Å². The molecule has 4 nitrogen and oxygen atoms in total. The topological polar surface area (TPSA) is 59.2 Å². The monoisotopic (exact) mass is 328 g/mol. The molecule has 0 aromatic heterocycles. The standard InChI is InChI=1S/C18H15O3P.H2O/c1-4-10-16(11-5-1)19-22(20-17-12-6-2-7-13-17)21-18-14-8-3-9-15-18;/h1-15H;1H2. The third-order valence-corrected chi connectivity index (χ3v) is 3.85. The van der Waals surface area contributed by atoms with Gasteiger partial charge in [-0.15, -0.1) is 0 Å². The first kappa shape index (κ1) is 16.8. The minimum Gasteiger partial charge on any atom is -0.412 e. The fourth-order valence-corrected chi connectivity index (χ4v) is 2.75. The minimum absolute atomic E-state index is 0. The second-order valence-corrected chi connectivity index (χ2v) is 5.43. The highest BCUT2D eigenvalue weighted by atomic mass is 31.2. The molecule has 0 amide bonds. The fraction of sp³-hybridized carbons (Fsp3) is 0. The smallest absolute Gasteiger partial charge is 0.412 e. The second kappa shape index (κ2) is 8.79. The highest BCUT2D eigenvalue weighted by Gasteiger charge is 2.19. The Labute approximate surface area is 136 Å². The van der Waals surface area contributed by atoms with E-state index in [-0.39, 0.29) is 5.48 Å². The van der Waals surface area contributed by atoms with Crippen LogP contribution in [-0.4, -0.2) is 5.48 Å². The molecule has 0 fully saturated rings. The van der Waals surface area contributed by atoms with Crippen LogP contribution in [0.1, 0.15) is 0 Å². The Morgan fingerprint density at radius 1 is 0.435 bits per heavy atom. The zero-order valence-electron chi connectivity index (χ0n) is 12.3. The summed E-state index contributed by atoms with van der Waals surface area (Å²) < 4.78 is 17.5. The molecular weight excluding hydrogens is 311 g/mol. The number of para-hydroxylation sites is 3. The summed E-state index contributed by atoms with van der Waals surface area (Å²) in [5, 5.41) is 0. The van der Waals surface area contributed by atoms with E-state index in [1.807, 2.05) is 91.0 Å². The van der Waals surface area contributed by atoms with Crippen LogP contribution in [0.5, 0.6) is 17.2 Å². The second-order valence-electron chi connectivity index (χ2n) is 4.44. The van der Waals surface area contributed by atoms with Crippen LogP contribution in [0.2, 0.25) is 0 Å². The summed E-state index contributed by atoms with van der Waals surface area (Å²) in [6, 6.07) is 28.5. The molecular formula is C18H17O4P. The predicted octanol–water partition coefficient (Wildman–Crippen LogP) is 4.63. The van der Waals surface area contributed by atoms with E-state index in [4.69, 9.17) is 13.6 Å². The van der Waals surface area contributed by atoms with Crippen molar-refractivity contribution in [2.45, 2.75) is 0 Å². The zero-order valence-corrected chi connectivity index (χ0v) is 13.2. The Morgan fingerprint density at radius 2 is 0.696 bits per heavy atom. The summed E-state index contributed by atoms with van der Waals surface area (Å²) in [5.41, 5.74) is 0. The van der Waals surface area contributed by atoms with E-state index in [0.717, 1.165) is 0 Å². The van der Waals surface area contributed by atoms with Crippen molar-refractivity contribution < 1.29 is 19.0 Å². The lowest BCUT2D eigenvalue weighted by Gasteiger charge is -2.17. The highest BCUT2D eigenvalue weighted by Crippen LogP contribution is 2.41. The summed E-state index contributed by atoms with van der Waals surface area (Å²) in [5.74, 6) is 2.13. The van der Waals surface area contributed by atoms with Crippen molar-refractivity contribution in [1.82, 2.24) is 0 Å². The lowest BCUT2D eigenvalue weighted by Crippen LogP contribution is -2.02. The normalized spacial score (nSPS) is 9.78. The Balaban J connectivity index is 0.00000192. The molecule has 0 aliphatic heterocycles. The summed E-state index contributed by atoms with van der Waals surface area (Å²) in [6.07, 6.45) is 0. The van der Waals surface area contributed by atoms with Gasteiger partial charge >= 0.3 is 8.60 Å². The molecule has 5 heteroatoms. The van der Waals surface area contributed by atoms with Crippen molar-refractivity contribution in [2.24, 2.45) is 0 Å². The first-order valence-electron chi connectivity index (χ1n) is 6.89. The number of benzene rings is 3. The lowest BCUT2D eigenvalue weighted by atomic mass is 10.3. The Morgan fingerprint density at radius 3 is 0.957 bits per heavy atom. The van der Waals surface area contributed by atoms with Gasteiger partial charge in [-0.1, -0.05) is 54.6 Å². The van der Waals surface area contributed by atoms with Crippen LogP contribution >= 0.6 is 8.60 Å². The van der Waals surface area contributed by atoms with Crippen molar-refractivity contribution >= 4 is 8.60 Å². The van der Waals surface area contributed by atoms with E-state index in [0.29, 0.717) is 17.2 Å². The molecule has 118 valence electrons. The summed E-state index contributed by atoms with van der Waals surface area (Å²) in [6.45, 7) is 0. The average Bonchev–Trinajstić information content (AvgIpc) is 2.57. The molecule has 3 aromatic rings. The maximum absolute atomic E-state index is 5.84. The molecule has 0 aliphatic carbocycles. The van der Waals surface area contributed by atoms with Crippen molar-refractivity contribution in [3.63, 3.8) is 0 Å². The molecule has 0 bridgehead atoms. The van der Waals surface area contributed by atoms with Crippen LogP contribution in [0.25, 0.3) is 0 Å². The van der Waals surface area contributed by atoms with Gasteiger partial charge in [0.2, 0.25) is 0 Å². The maximum atomic E-state index is 5.84. The predicted molar refractivity (Wildman–Crippen MR) is 91.7 cm³/mol. The first-order chi connectivity index (χ1) is 10.9. The molecule has 23 heavy (non-hydrogen) atoms. The minimum atomic E-state index is -1.59. The zero-order chi connectivity index (χ0) is 15.0. The van der Waals surface area contributed by atoms with Gasteiger partial charge in [0, 0.05) is 0 Å². The van der Waals surface area contributed by atoms with Crippen LogP contribution in [0.4, 0.5) is 0 Å². The van der Waals surface area contributed by atoms with E-state index in [1.54, 1.807) is 0 Å². The molecule has 0 radical (unpaired) electrons. The van der Waals surface area contributed by atoms with Gasteiger partial charge in [-0.2, -0.15) is 0 Å². The van der Waals surface area contributed by atoms with E-state index in [1.165, 1.54) is 0 Å². The van der Waals surface area contributed by atoms with Crippen molar-refractivity contribution in [1.29, 1.82) is 0 Å². The molecule has 0 spiro atoms. The Bertz CT molecular complexity index is 578. The highest BCUT2D eigenvalue weighted by molar-refractivity contribution is 7.43. The Hall–Kier alpha value is -2.55. The number of rotatable bonds is 6. The van der Waals surface area contributed by atoms with E-state index in [2.05, 4.69) is 0 Å². The molecule has 0 heterocycles. The molecule has 0 aliphatic rings. The summed E-state index contributed by atoms with van der Waals surface area (Å²) >= 11 is 0. The number of hydrogen-bond acceptors (Lipinski definition) is 3. The van der Waals surface area contributed by atoms with Crippen LogP contribution < -0.4 is 13.6 Å². The average molecular weight is 328 g/mol. The summed E-state index contributed by atoms with van der Waals surface area (Å²) in [7, 11) is -1.59. The van der Waals surface area contributed by atoms with Gasteiger partial charge in [0.15, 0.2) is 0 Å². The quantitative estimate of drug-likeness (QED) is 0.620. The third kappa shape index (κ3) is 5.29. The van der Waals surface area contributed by atoms with Crippen molar-refractivity contribution in [2.75, 3.05) is 0 Å². The number of hydrogen-bond donors (Lipinski definition) is 0. The lowest BCUT2D eigenvalue weighted by molar-refractivity contribution is 0.388. The molecule has 3 rings (SSSR count). The first-order valence-corrected chi connectivity index (χ1v) is 7.99. The fourth-order valence-electron chi connectivity index (χ4n) is 1.76. The van der Waals surface area contributed by atoms with E-state index in [9.17, 15) is 0 Å². The van der Waals surface area contributed by atoms with Gasteiger partial charge in [0.25, 0.3) is 0 Å². The van der Waals surface area contributed by atoms with Gasteiger partial charge in [-0.25, -0.2) is 0 Å². The van der Waals surface area contributed by atoms with Crippen LogP contribution in [0, 0.1) is 0 Å². The van der Waals surface area contributed by atoms with Crippen LogP contribution in [0.15, 0.2) is 91.0 Å². The largest absolute Gasteiger partial charge is 0.530 e. The molecule has 2 N–H and O–H groups in total. The molecule has 3 aromatic carbocycles. The summed E-state index contributed by atoms with van der Waals surface area (Å²) in [4.78, 5) is 0. The van der Waals surface area contributed by atoms with Crippen molar-refractivity contribution in [3.05, 3.63) is 91.0 Å². The molecule has 0 atom stereocenters. The molecule has 0 unspecified atom stereocenters. The van der Waals surface area contributed by atoms with E-state index >= 15 is 0 Å². The maximum Gasteiger partial charge on any atom is 0.530 e. The molecule has 0 saturated carbocycles. The van der Waals surface area contributed by atoms with Gasteiger partial charge in [0.05, 0.1) is 0 Å². The van der Waals surface area contributed by atoms with Gasteiger partial charge in [-0.05, 0) is 36.4 Å². The van der Waals surface area contributed by atoms with E-state index < -0.39 is 8.60 Å².